The van der Waals surface area contributed by atoms with Gasteiger partial charge in [0, 0.05) is 5.92 Å². The van der Waals surface area contributed by atoms with Crippen LogP contribution in [0.5, 0.6) is 0 Å². The molecule has 2 atom stereocenters. The number of aliphatic hydroxyl groups excluding tert-OH is 1. The normalized spacial score (nSPS) is 13.6. The predicted molar refractivity (Wildman–Crippen MR) is 118 cm³/mol. The third-order valence-corrected chi connectivity index (χ3v) is 5.25. The van der Waals surface area contributed by atoms with E-state index in [1.54, 1.807) is 0 Å². The molecule has 28 heavy (non-hydrogen) atoms. The molecular formula is C27H24O. The molecule has 0 radical (unpaired) electrons. The van der Waals surface area contributed by atoms with Crippen LogP contribution >= 0.6 is 0 Å². The van der Waals surface area contributed by atoms with E-state index >= 15 is 0 Å². The molecule has 0 aromatic heterocycles. The summed E-state index contributed by atoms with van der Waals surface area (Å²) in [5, 5.41) is 13.7. The Morgan fingerprint density at radius 2 is 1.32 bits per heavy atom. The molecule has 1 N–H and O–H groups in total. The van der Waals surface area contributed by atoms with Crippen LogP contribution in [0.15, 0.2) is 109 Å². The fraction of sp³-hybridized carbons (Fsp3) is 0.111. The number of hydrogen-bond acceptors (Lipinski definition) is 1. The molecular weight excluding hydrogens is 340 g/mol. The molecule has 0 spiro atoms. The molecule has 4 rings (SSSR count). The lowest BCUT2D eigenvalue weighted by atomic mass is 9.84. The van der Waals surface area contributed by atoms with Gasteiger partial charge >= 0.3 is 0 Å². The molecule has 1 heteroatoms. The fourth-order valence-electron chi connectivity index (χ4n) is 3.79. The highest BCUT2D eigenvalue weighted by molar-refractivity contribution is 5.86. The molecule has 0 amide bonds. The molecule has 0 unspecified atom stereocenters. The average Bonchev–Trinajstić information content (AvgIpc) is 2.77. The van der Waals surface area contributed by atoms with E-state index in [4.69, 9.17) is 0 Å². The van der Waals surface area contributed by atoms with Gasteiger partial charge < -0.3 is 5.11 Å². The van der Waals surface area contributed by atoms with E-state index in [2.05, 4.69) is 54.6 Å². The van der Waals surface area contributed by atoms with Crippen LogP contribution in [0, 0.1) is 0 Å². The van der Waals surface area contributed by atoms with Gasteiger partial charge in [-0.25, -0.2) is 0 Å². The largest absolute Gasteiger partial charge is 0.388 e. The van der Waals surface area contributed by atoms with Gasteiger partial charge in [-0.05, 0) is 33.9 Å². The van der Waals surface area contributed by atoms with Crippen molar-refractivity contribution in [1.82, 2.24) is 0 Å². The minimum Gasteiger partial charge on any atom is -0.388 e. The second-order valence-electron chi connectivity index (χ2n) is 7.08. The lowest BCUT2D eigenvalue weighted by Gasteiger charge is -2.24. The van der Waals surface area contributed by atoms with Crippen molar-refractivity contribution in [3.05, 3.63) is 126 Å². The SMILES string of the molecule is O[C@@H](c1cccc2ccccc12)[C@@H](C/C=C/c1ccccc1)c1ccccc1. The molecule has 0 saturated carbocycles. The van der Waals surface area contributed by atoms with Gasteiger partial charge in [0.2, 0.25) is 0 Å². The van der Waals surface area contributed by atoms with Gasteiger partial charge in [0.15, 0.2) is 0 Å². The lowest BCUT2D eigenvalue weighted by molar-refractivity contribution is 0.147. The zero-order chi connectivity index (χ0) is 19.2. The number of hydrogen-bond donors (Lipinski definition) is 1. The molecule has 0 saturated heterocycles. The molecule has 0 heterocycles. The molecule has 4 aromatic rings. The van der Waals surface area contributed by atoms with Crippen molar-refractivity contribution in [2.45, 2.75) is 18.4 Å². The quantitative estimate of drug-likeness (QED) is 0.401. The zero-order valence-electron chi connectivity index (χ0n) is 15.8. The number of allylic oxidation sites excluding steroid dienone is 1. The second kappa shape index (κ2) is 8.69. The summed E-state index contributed by atoms with van der Waals surface area (Å²) in [6.45, 7) is 0. The smallest absolute Gasteiger partial charge is 0.0867 e. The summed E-state index contributed by atoms with van der Waals surface area (Å²) in [5.41, 5.74) is 3.31. The number of fused-ring (bicyclic) bond motifs is 1. The number of rotatable bonds is 6. The monoisotopic (exact) mass is 364 g/mol. The van der Waals surface area contributed by atoms with Gasteiger partial charge in [-0.15, -0.1) is 0 Å². The molecule has 1 nitrogen and oxygen atoms in total. The van der Waals surface area contributed by atoms with Crippen LogP contribution in [0.3, 0.4) is 0 Å². The van der Waals surface area contributed by atoms with Crippen molar-refractivity contribution >= 4 is 16.8 Å². The Morgan fingerprint density at radius 1 is 0.679 bits per heavy atom. The van der Waals surface area contributed by atoms with Crippen LogP contribution in [0.1, 0.15) is 35.1 Å². The first-order chi connectivity index (χ1) is 13.8. The number of benzene rings is 4. The molecule has 0 aliphatic carbocycles. The van der Waals surface area contributed by atoms with Gasteiger partial charge in [-0.3, -0.25) is 0 Å². The summed E-state index contributed by atoms with van der Waals surface area (Å²) in [7, 11) is 0. The van der Waals surface area contributed by atoms with Crippen molar-refractivity contribution in [2.24, 2.45) is 0 Å². The van der Waals surface area contributed by atoms with Crippen LogP contribution in [0.2, 0.25) is 0 Å². The van der Waals surface area contributed by atoms with Crippen LogP contribution in [0.25, 0.3) is 16.8 Å². The van der Waals surface area contributed by atoms with Crippen molar-refractivity contribution in [3.63, 3.8) is 0 Å². The summed E-state index contributed by atoms with van der Waals surface area (Å²) in [6, 6.07) is 35.0. The maximum Gasteiger partial charge on any atom is 0.0867 e. The molecule has 0 bridgehead atoms. The van der Waals surface area contributed by atoms with Gasteiger partial charge in [0.1, 0.15) is 0 Å². The Hall–Kier alpha value is -3.16. The van der Waals surface area contributed by atoms with Crippen LogP contribution < -0.4 is 0 Å². The van der Waals surface area contributed by atoms with E-state index < -0.39 is 6.10 Å². The Kier molecular flexibility index (Phi) is 5.65. The highest BCUT2D eigenvalue weighted by Crippen LogP contribution is 2.37. The van der Waals surface area contributed by atoms with E-state index in [-0.39, 0.29) is 5.92 Å². The van der Waals surface area contributed by atoms with Crippen molar-refractivity contribution in [3.8, 4) is 0 Å². The minimum atomic E-state index is -0.575. The Bertz CT molecular complexity index is 1050. The van der Waals surface area contributed by atoms with Gasteiger partial charge in [0.25, 0.3) is 0 Å². The first-order valence-corrected chi connectivity index (χ1v) is 9.75. The maximum atomic E-state index is 11.4. The van der Waals surface area contributed by atoms with E-state index in [1.165, 1.54) is 5.56 Å². The van der Waals surface area contributed by atoms with Gasteiger partial charge in [0.05, 0.1) is 6.10 Å². The standard InChI is InChI=1S/C27H24O/c28-27(26-20-10-17-22-16-7-8-18-24(22)26)25(23-14-5-2-6-15-23)19-9-13-21-11-3-1-4-12-21/h1-18,20,25,27-28H,19H2/b13-9+/t25-,27+/m0/s1. The summed E-state index contributed by atoms with van der Waals surface area (Å²) < 4.78 is 0. The topological polar surface area (TPSA) is 20.2 Å². The first-order valence-electron chi connectivity index (χ1n) is 9.75. The van der Waals surface area contributed by atoms with E-state index in [9.17, 15) is 5.11 Å². The van der Waals surface area contributed by atoms with Crippen LogP contribution in [-0.2, 0) is 0 Å². The van der Waals surface area contributed by atoms with E-state index in [0.29, 0.717) is 0 Å². The molecule has 0 fully saturated rings. The minimum absolute atomic E-state index is 0.00744. The Balaban J connectivity index is 1.67. The average molecular weight is 364 g/mol. The van der Waals surface area contributed by atoms with Gasteiger partial charge in [-0.1, -0.05) is 115 Å². The molecule has 138 valence electrons. The Labute approximate surface area is 166 Å². The highest BCUT2D eigenvalue weighted by atomic mass is 16.3. The molecule has 4 aromatic carbocycles. The lowest BCUT2D eigenvalue weighted by Crippen LogP contribution is -2.11. The highest BCUT2D eigenvalue weighted by Gasteiger charge is 2.23. The summed E-state index contributed by atoms with van der Waals surface area (Å²) in [4.78, 5) is 0. The van der Waals surface area contributed by atoms with Gasteiger partial charge in [-0.2, -0.15) is 0 Å². The van der Waals surface area contributed by atoms with Crippen LogP contribution in [-0.4, -0.2) is 5.11 Å². The molecule has 0 aliphatic heterocycles. The summed E-state index contributed by atoms with van der Waals surface area (Å²) in [6.07, 6.45) is 4.49. The summed E-state index contributed by atoms with van der Waals surface area (Å²) in [5.74, 6) is -0.00744. The first kappa shape index (κ1) is 18.2. The summed E-state index contributed by atoms with van der Waals surface area (Å²) >= 11 is 0. The van der Waals surface area contributed by atoms with E-state index in [1.807, 2.05) is 60.7 Å². The zero-order valence-corrected chi connectivity index (χ0v) is 15.8. The number of aliphatic hydroxyl groups is 1. The van der Waals surface area contributed by atoms with E-state index in [0.717, 1.165) is 28.3 Å². The Morgan fingerprint density at radius 3 is 2.11 bits per heavy atom. The molecule has 0 aliphatic rings. The van der Waals surface area contributed by atoms with Crippen molar-refractivity contribution < 1.29 is 5.11 Å². The predicted octanol–water partition coefficient (Wildman–Crippen LogP) is 6.76. The van der Waals surface area contributed by atoms with Crippen molar-refractivity contribution in [2.75, 3.05) is 0 Å². The van der Waals surface area contributed by atoms with Crippen LogP contribution in [0.4, 0.5) is 0 Å². The second-order valence-corrected chi connectivity index (χ2v) is 7.08. The third-order valence-electron chi connectivity index (χ3n) is 5.25. The fourth-order valence-corrected chi connectivity index (χ4v) is 3.79. The maximum absolute atomic E-state index is 11.4. The van der Waals surface area contributed by atoms with Crippen molar-refractivity contribution in [1.29, 1.82) is 0 Å². The third kappa shape index (κ3) is 4.05.